The molecule has 0 fully saturated rings. The number of carbonyl (C=O) groups is 2. The summed E-state index contributed by atoms with van der Waals surface area (Å²) < 4.78 is 58.8. The average Bonchev–Trinajstić information content (AvgIpc) is 3.24. The van der Waals surface area contributed by atoms with E-state index in [4.69, 9.17) is 15.9 Å². The van der Waals surface area contributed by atoms with E-state index in [1.165, 1.54) is 41.5 Å². The number of aliphatic carboxylic acids is 1. The molecule has 0 saturated heterocycles. The van der Waals surface area contributed by atoms with Gasteiger partial charge in [-0.05, 0) is 48.5 Å². The number of carboxylic acids is 1. The number of hydrogen-bond donors (Lipinski definition) is 3. The lowest BCUT2D eigenvalue weighted by atomic mass is 10.1. The Morgan fingerprint density at radius 1 is 1.12 bits per heavy atom. The number of halogens is 4. The van der Waals surface area contributed by atoms with Crippen LogP contribution >= 0.6 is 0 Å². The van der Waals surface area contributed by atoms with Crippen LogP contribution < -0.4 is 21.3 Å². The van der Waals surface area contributed by atoms with Gasteiger partial charge in [0.25, 0.3) is 0 Å². The van der Waals surface area contributed by atoms with Crippen LogP contribution in [-0.4, -0.2) is 22.9 Å². The summed E-state index contributed by atoms with van der Waals surface area (Å²) in [6.07, 6.45) is -4.47. The number of urea groups is 1. The zero-order valence-electron chi connectivity index (χ0n) is 17.0. The maximum atomic E-state index is 14.4. The number of hydrogen-bond acceptors (Lipinski definition) is 6. The van der Waals surface area contributed by atoms with Gasteiger partial charge in [-0.2, -0.15) is 18.2 Å². The summed E-state index contributed by atoms with van der Waals surface area (Å²) in [5, 5.41) is 9.56. The second kappa shape index (κ2) is 8.19. The predicted molar refractivity (Wildman–Crippen MR) is 112 cm³/mol. The first-order chi connectivity index (χ1) is 16.0. The molecule has 0 radical (unpaired) electrons. The molecule has 5 N–H and O–H groups in total. The van der Waals surface area contributed by atoms with Crippen LogP contribution in [0, 0.1) is 5.82 Å². The molecular formula is C21H15F4N5O4. The Bertz CT molecular complexity index is 1300. The summed E-state index contributed by atoms with van der Waals surface area (Å²) in [6.45, 7) is 0. The van der Waals surface area contributed by atoms with Crippen LogP contribution in [0.2, 0.25) is 0 Å². The fourth-order valence-corrected chi connectivity index (χ4v) is 3.49. The average molecular weight is 477 g/mol. The number of anilines is 3. The zero-order chi connectivity index (χ0) is 24.8. The minimum Gasteiger partial charge on any atom is -0.475 e. The molecule has 3 aromatic rings. The van der Waals surface area contributed by atoms with Gasteiger partial charge < -0.3 is 21.0 Å². The van der Waals surface area contributed by atoms with Crippen molar-refractivity contribution in [1.29, 1.82) is 0 Å². The van der Waals surface area contributed by atoms with E-state index in [0.717, 1.165) is 0 Å². The first kappa shape index (κ1) is 22.8. The van der Waals surface area contributed by atoms with E-state index < -0.39 is 47.2 Å². The van der Waals surface area contributed by atoms with E-state index in [2.05, 4.69) is 4.99 Å². The Hall–Kier alpha value is -4.39. The molecule has 1 atom stereocenters. The highest BCUT2D eigenvalue weighted by molar-refractivity contribution is 6.41. The molecule has 2 amide bonds. The van der Waals surface area contributed by atoms with Gasteiger partial charge in [-0.3, -0.25) is 9.80 Å². The number of carbonyl (C=O) groups excluding carboxylic acids is 1. The molecule has 0 saturated carbocycles. The molecule has 0 bridgehead atoms. The molecule has 0 aliphatic carbocycles. The number of amidine groups is 1. The maximum Gasteiger partial charge on any atom is 0.416 e. The van der Waals surface area contributed by atoms with Gasteiger partial charge >= 0.3 is 18.2 Å². The van der Waals surface area contributed by atoms with E-state index in [-0.39, 0.29) is 17.3 Å². The number of carboxylic acid groups (broad SMARTS) is 1. The molecule has 2 aromatic carbocycles. The van der Waals surface area contributed by atoms with E-state index in [1.807, 2.05) is 0 Å². The number of nitrogens with two attached hydrogens (primary N) is 2. The third-order valence-corrected chi connectivity index (χ3v) is 5.02. The normalized spacial score (nSPS) is 15.5. The minimum atomic E-state index is -4.78. The number of fused-ring (bicyclic) bond motifs is 1. The van der Waals surface area contributed by atoms with Crippen LogP contribution in [0.3, 0.4) is 0 Å². The largest absolute Gasteiger partial charge is 0.475 e. The van der Waals surface area contributed by atoms with Crippen LogP contribution in [0.15, 0.2) is 64.2 Å². The topological polar surface area (TPSA) is 138 Å². The summed E-state index contributed by atoms with van der Waals surface area (Å²) in [4.78, 5) is 29.5. The molecule has 1 unspecified atom stereocenters. The molecule has 4 rings (SSSR count). The van der Waals surface area contributed by atoms with Crippen molar-refractivity contribution < 1.29 is 36.7 Å². The van der Waals surface area contributed by atoms with Crippen LogP contribution in [-0.2, 0) is 11.0 Å². The second-order valence-electron chi connectivity index (χ2n) is 7.09. The van der Waals surface area contributed by atoms with Gasteiger partial charge in [0, 0.05) is 5.69 Å². The van der Waals surface area contributed by atoms with Gasteiger partial charge in [0.15, 0.2) is 0 Å². The highest BCUT2D eigenvalue weighted by Crippen LogP contribution is 2.38. The zero-order valence-corrected chi connectivity index (χ0v) is 17.0. The molecule has 9 nitrogen and oxygen atoms in total. The van der Waals surface area contributed by atoms with Crippen molar-refractivity contribution in [1.82, 2.24) is 0 Å². The smallest absolute Gasteiger partial charge is 0.416 e. The summed E-state index contributed by atoms with van der Waals surface area (Å²) in [5.74, 6) is -2.91. The number of nitrogens with zero attached hydrogens (tertiary/aromatic N) is 3. The number of rotatable bonds is 4. The highest BCUT2D eigenvalue weighted by Gasteiger charge is 2.35. The fraction of sp³-hybridized carbons (Fsp3) is 0.0952. The van der Waals surface area contributed by atoms with Crippen molar-refractivity contribution in [3.05, 3.63) is 71.7 Å². The number of amides is 2. The van der Waals surface area contributed by atoms with Crippen LogP contribution in [0.1, 0.15) is 17.3 Å². The molecule has 1 aliphatic rings. The quantitative estimate of drug-likeness (QED) is 0.481. The Labute approximate surface area is 188 Å². The molecule has 34 heavy (non-hydrogen) atoms. The van der Waals surface area contributed by atoms with Crippen molar-refractivity contribution in [3.8, 4) is 0 Å². The molecule has 0 spiro atoms. The van der Waals surface area contributed by atoms with Crippen LogP contribution in [0.25, 0.3) is 0 Å². The number of benzene rings is 2. The van der Waals surface area contributed by atoms with Gasteiger partial charge in [0.05, 0.1) is 28.8 Å². The molecule has 176 valence electrons. The van der Waals surface area contributed by atoms with Crippen molar-refractivity contribution >= 4 is 40.8 Å². The van der Waals surface area contributed by atoms with E-state index in [9.17, 15) is 32.3 Å². The Morgan fingerprint density at radius 2 is 1.79 bits per heavy atom. The second-order valence-corrected chi connectivity index (χ2v) is 7.09. The lowest BCUT2D eigenvalue weighted by molar-refractivity contribution is -0.137. The lowest BCUT2D eigenvalue weighted by Gasteiger charge is -2.32. The van der Waals surface area contributed by atoms with E-state index in [1.54, 1.807) is 0 Å². The molecule has 1 aliphatic heterocycles. The first-order valence-corrected chi connectivity index (χ1v) is 9.49. The monoisotopic (exact) mass is 477 g/mol. The van der Waals surface area contributed by atoms with Gasteiger partial charge in [0.1, 0.15) is 12.0 Å². The Kier molecular flexibility index (Phi) is 5.49. The van der Waals surface area contributed by atoms with Gasteiger partial charge in [-0.15, -0.1) is 0 Å². The Morgan fingerprint density at radius 3 is 2.38 bits per heavy atom. The van der Waals surface area contributed by atoms with Gasteiger partial charge in [-0.25, -0.2) is 14.0 Å². The fourth-order valence-electron chi connectivity index (χ4n) is 3.49. The van der Waals surface area contributed by atoms with E-state index >= 15 is 0 Å². The number of aliphatic imine (C=N–C) groups is 1. The van der Waals surface area contributed by atoms with Crippen molar-refractivity contribution in [2.45, 2.75) is 12.3 Å². The SMILES string of the molecule is NC(=O)N(c1ccc(N2C(C(=O)O)=Nc3occc3C2N)cc1)c1cc(C(F)(F)F)ccc1F. The maximum absolute atomic E-state index is 14.4. The first-order valence-electron chi connectivity index (χ1n) is 9.49. The predicted octanol–water partition coefficient (Wildman–Crippen LogP) is 4.25. The summed E-state index contributed by atoms with van der Waals surface area (Å²) in [5.41, 5.74) is 10.2. The van der Waals surface area contributed by atoms with Crippen LogP contribution in [0.4, 0.5) is 45.3 Å². The van der Waals surface area contributed by atoms with E-state index in [0.29, 0.717) is 28.7 Å². The summed E-state index contributed by atoms with van der Waals surface area (Å²) in [7, 11) is 0. The van der Waals surface area contributed by atoms with Crippen molar-refractivity contribution in [2.75, 3.05) is 9.80 Å². The summed E-state index contributed by atoms with van der Waals surface area (Å²) in [6, 6.07) is 7.02. The molecule has 1 aromatic heterocycles. The number of alkyl halides is 3. The standard InChI is InChI=1S/C21H15F4N5O4/c22-14-6-1-10(21(23,24)25)9-15(14)29(20(27)33)11-2-4-12(5-3-11)30-16(26)13-7-8-34-18(13)28-17(30)19(31)32/h1-9,16H,26H2,(H2,27,33)(H,31,32). The third-order valence-electron chi connectivity index (χ3n) is 5.02. The third kappa shape index (κ3) is 3.92. The molecule has 2 heterocycles. The number of primary amides is 1. The van der Waals surface area contributed by atoms with Crippen molar-refractivity contribution in [3.63, 3.8) is 0 Å². The van der Waals surface area contributed by atoms with Gasteiger partial charge in [0.2, 0.25) is 11.7 Å². The molecular weight excluding hydrogens is 462 g/mol. The van der Waals surface area contributed by atoms with Gasteiger partial charge in [-0.1, -0.05) is 0 Å². The minimum absolute atomic E-state index is 0.0395. The van der Waals surface area contributed by atoms with Crippen molar-refractivity contribution in [2.24, 2.45) is 16.5 Å². The van der Waals surface area contributed by atoms with Crippen LogP contribution in [0.5, 0.6) is 0 Å². The highest BCUT2D eigenvalue weighted by atomic mass is 19.4. The number of furan rings is 1. The lowest BCUT2D eigenvalue weighted by Crippen LogP contribution is -2.45. The molecule has 13 heteroatoms. The Balaban J connectivity index is 1.74. The summed E-state index contributed by atoms with van der Waals surface area (Å²) >= 11 is 0.